The van der Waals surface area contributed by atoms with Crippen LogP contribution in [0.1, 0.15) is 18.5 Å². The second kappa shape index (κ2) is 6.42. The van der Waals surface area contributed by atoms with Crippen LogP contribution in [-0.2, 0) is 0 Å². The molecule has 0 amide bonds. The molecule has 3 nitrogen and oxygen atoms in total. The van der Waals surface area contributed by atoms with Gasteiger partial charge in [-0.1, -0.05) is 29.3 Å². The van der Waals surface area contributed by atoms with Crippen molar-refractivity contribution in [2.75, 3.05) is 13.2 Å². The van der Waals surface area contributed by atoms with Crippen LogP contribution in [0, 0.1) is 0 Å². The van der Waals surface area contributed by atoms with Crippen molar-refractivity contribution in [2.45, 2.75) is 19.1 Å². The van der Waals surface area contributed by atoms with Gasteiger partial charge in [0.1, 0.15) is 0 Å². The van der Waals surface area contributed by atoms with Crippen LogP contribution in [0.25, 0.3) is 0 Å². The Labute approximate surface area is 105 Å². The number of halogens is 2. The van der Waals surface area contributed by atoms with Gasteiger partial charge in [-0.3, -0.25) is 0 Å². The maximum atomic E-state index is 9.20. The monoisotopic (exact) mass is 263 g/mol. The number of aliphatic hydroxyl groups is 2. The Morgan fingerprint density at radius 1 is 1.38 bits per heavy atom. The minimum atomic E-state index is -0.756. The van der Waals surface area contributed by atoms with Crippen LogP contribution in [0.2, 0.25) is 10.0 Å². The maximum Gasteiger partial charge on any atom is 0.0895 e. The van der Waals surface area contributed by atoms with E-state index in [1.807, 2.05) is 13.0 Å². The van der Waals surface area contributed by atoms with Gasteiger partial charge < -0.3 is 15.5 Å². The van der Waals surface area contributed by atoms with E-state index in [0.29, 0.717) is 16.6 Å². The number of rotatable bonds is 5. The van der Waals surface area contributed by atoms with Gasteiger partial charge in [0.2, 0.25) is 0 Å². The van der Waals surface area contributed by atoms with Crippen molar-refractivity contribution in [3.63, 3.8) is 0 Å². The van der Waals surface area contributed by atoms with Crippen LogP contribution < -0.4 is 5.32 Å². The molecule has 0 saturated heterocycles. The highest BCUT2D eigenvalue weighted by molar-refractivity contribution is 6.35. The average molecular weight is 264 g/mol. The van der Waals surface area contributed by atoms with E-state index in [1.54, 1.807) is 12.1 Å². The predicted octanol–water partition coefficient (Wildman–Crippen LogP) is 2.00. The van der Waals surface area contributed by atoms with Crippen molar-refractivity contribution in [1.29, 1.82) is 0 Å². The van der Waals surface area contributed by atoms with Gasteiger partial charge in [-0.15, -0.1) is 0 Å². The lowest BCUT2D eigenvalue weighted by Crippen LogP contribution is -2.31. The van der Waals surface area contributed by atoms with E-state index < -0.39 is 6.10 Å². The molecule has 1 rings (SSSR count). The van der Waals surface area contributed by atoms with Crippen LogP contribution >= 0.6 is 23.2 Å². The topological polar surface area (TPSA) is 52.5 Å². The molecule has 0 aliphatic carbocycles. The summed E-state index contributed by atoms with van der Waals surface area (Å²) in [5.41, 5.74) is 0.913. The van der Waals surface area contributed by atoms with Crippen LogP contribution in [0.3, 0.4) is 0 Å². The van der Waals surface area contributed by atoms with Crippen molar-refractivity contribution in [2.24, 2.45) is 0 Å². The molecule has 0 radical (unpaired) electrons. The SMILES string of the molecule is CC(NCC(O)CO)c1ccc(Cl)cc1Cl. The number of hydrogen-bond donors (Lipinski definition) is 3. The van der Waals surface area contributed by atoms with Crippen molar-refractivity contribution < 1.29 is 10.2 Å². The van der Waals surface area contributed by atoms with Crippen molar-refractivity contribution >= 4 is 23.2 Å². The fraction of sp³-hybridized carbons (Fsp3) is 0.455. The molecule has 2 atom stereocenters. The van der Waals surface area contributed by atoms with Crippen molar-refractivity contribution in [1.82, 2.24) is 5.32 Å². The first-order valence-corrected chi connectivity index (χ1v) is 5.77. The zero-order valence-electron chi connectivity index (χ0n) is 8.95. The Morgan fingerprint density at radius 2 is 2.06 bits per heavy atom. The summed E-state index contributed by atoms with van der Waals surface area (Å²) in [6.07, 6.45) is -0.756. The molecular weight excluding hydrogens is 249 g/mol. The Hall–Kier alpha value is -0.320. The quantitative estimate of drug-likeness (QED) is 0.762. The summed E-state index contributed by atoms with van der Waals surface area (Å²) in [4.78, 5) is 0. The molecule has 0 heterocycles. The Kier molecular flexibility index (Phi) is 5.52. The minimum Gasteiger partial charge on any atom is -0.394 e. The van der Waals surface area contributed by atoms with Crippen LogP contribution in [0.15, 0.2) is 18.2 Å². The average Bonchev–Trinajstić information content (AvgIpc) is 2.25. The molecule has 0 saturated carbocycles. The summed E-state index contributed by atoms with van der Waals surface area (Å²) in [6, 6.07) is 5.28. The third-order valence-corrected chi connectivity index (χ3v) is 2.86. The number of hydrogen-bond acceptors (Lipinski definition) is 3. The summed E-state index contributed by atoms with van der Waals surface area (Å²) in [6.45, 7) is 1.99. The van der Waals surface area contributed by atoms with E-state index in [2.05, 4.69) is 5.32 Å². The third kappa shape index (κ3) is 3.92. The summed E-state index contributed by atoms with van der Waals surface area (Å²) >= 11 is 11.8. The molecule has 1 aromatic carbocycles. The molecule has 3 N–H and O–H groups in total. The van der Waals surface area contributed by atoms with Gasteiger partial charge in [0.15, 0.2) is 0 Å². The maximum absolute atomic E-state index is 9.20. The van der Waals surface area contributed by atoms with E-state index in [9.17, 15) is 5.11 Å². The Balaban J connectivity index is 2.62. The molecule has 16 heavy (non-hydrogen) atoms. The summed E-state index contributed by atoms with van der Waals surface area (Å²) in [5, 5.41) is 22.1. The molecule has 90 valence electrons. The highest BCUT2D eigenvalue weighted by atomic mass is 35.5. The molecule has 0 bridgehead atoms. The molecule has 1 aromatic rings. The first kappa shape index (κ1) is 13.7. The van der Waals surface area contributed by atoms with E-state index in [-0.39, 0.29) is 12.6 Å². The summed E-state index contributed by atoms with van der Waals surface area (Å²) in [7, 11) is 0. The highest BCUT2D eigenvalue weighted by Crippen LogP contribution is 2.25. The fourth-order valence-electron chi connectivity index (χ4n) is 1.34. The number of benzene rings is 1. The molecule has 5 heteroatoms. The lowest BCUT2D eigenvalue weighted by atomic mass is 10.1. The summed E-state index contributed by atoms with van der Waals surface area (Å²) in [5.74, 6) is 0. The van der Waals surface area contributed by atoms with E-state index in [1.165, 1.54) is 0 Å². The first-order chi connectivity index (χ1) is 7.54. The zero-order chi connectivity index (χ0) is 12.1. The Bertz CT molecular complexity index is 347. The second-order valence-electron chi connectivity index (χ2n) is 3.63. The smallest absolute Gasteiger partial charge is 0.0895 e. The van der Waals surface area contributed by atoms with Gasteiger partial charge in [-0.2, -0.15) is 0 Å². The van der Waals surface area contributed by atoms with E-state index in [4.69, 9.17) is 28.3 Å². The van der Waals surface area contributed by atoms with Gasteiger partial charge in [-0.05, 0) is 24.6 Å². The van der Waals surface area contributed by atoms with Crippen LogP contribution in [0.5, 0.6) is 0 Å². The van der Waals surface area contributed by atoms with E-state index in [0.717, 1.165) is 5.56 Å². The third-order valence-electron chi connectivity index (χ3n) is 2.30. The van der Waals surface area contributed by atoms with Gasteiger partial charge in [0.05, 0.1) is 12.7 Å². The normalized spacial score (nSPS) is 14.8. The number of nitrogens with one attached hydrogen (secondary N) is 1. The van der Waals surface area contributed by atoms with Crippen LogP contribution in [-0.4, -0.2) is 29.5 Å². The standard InChI is InChI=1S/C11H15Cl2NO2/c1-7(14-5-9(16)6-15)10-3-2-8(12)4-11(10)13/h2-4,7,9,14-16H,5-6H2,1H3. The molecule has 0 spiro atoms. The molecule has 0 aliphatic heterocycles. The fourth-order valence-corrected chi connectivity index (χ4v) is 1.91. The molecular formula is C11H15Cl2NO2. The van der Waals surface area contributed by atoms with Gasteiger partial charge in [0, 0.05) is 22.6 Å². The lowest BCUT2D eigenvalue weighted by Gasteiger charge is -2.17. The predicted molar refractivity (Wildman–Crippen MR) is 66.0 cm³/mol. The van der Waals surface area contributed by atoms with Gasteiger partial charge in [-0.25, -0.2) is 0 Å². The van der Waals surface area contributed by atoms with Crippen molar-refractivity contribution in [3.8, 4) is 0 Å². The van der Waals surface area contributed by atoms with Crippen LogP contribution in [0.4, 0.5) is 0 Å². The van der Waals surface area contributed by atoms with Gasteiger partial charge in [0.25, 0.3) is 0 Å². The summed E-state index contributed by atoms with van der Waals surface area (Å²) < 4.78 is 0. The zero-order valence-corrected chi connectivity index (χ0v) is 10.5. The molecule has 2 unspecified atom stereocenters. The van der Waals surface area contributed by atoms with E-state index >= 15 is 0 Å². The van der Waals surface area contributed by atoms with Gasteiger partial charge >= 0.3 is 0 Å². The second-order valence-corrected chi connectivity index (χ2v) is 4.48. The first-order valence-electron chi connectivity index (χ1n) is 5.02. The Morgan fingerprint density at radius 3 is 2.62 bits per heavy atom. The van der Waals surface area contributed by atoms with Crippen molar-refractivity contribution in [3.05, 3.63) is 33.8 Å². The molecule has 0 aromatic heterocycles. The largest absolute Gasteiger partial charge is 0.394 e. The number of aliphatic hydroxyl groups excluding tert-OH is 2. The molecule has 0 fully saturated rings. The lowest BCUT2D eigenvalue weighted by molar-refractivity contribution is 0.0924. The molecule has 0 aliphatic rings. The minimum absolute atomic E-state index is 0.00836. The highest BCUT2D eigenvalue weighted by Gasteiger charge is 2.11.